The summed E-state index contributed by atoms with van der Waals surface area (Å²) in [5.41, 5.74) is 1.67. The summed E-state index contributed by atoms with van der Waals surface area (Å²) < 4.78 is 0. The van der Waals surface area contributed by atoms with Crippen molar-refractivity contribution in [1.82, 2.24) is 9.97 Å². The Hall–Kier alpha value is -2.15. The van der Waals surface area contributed by atoms with E-state index >= 15 is 0 Å². The minimum Gasteiger partial charge on any atom is -0.367 e. The molecule has 0 spiro atoms. The van der Waals surface area contributed by atoms with Crippen molar-refractivity contribution in [3.05, 3.63) is 46.1 Å². The zero-order valence-electron chi connectivity index (χ0n) is 12.7. The number of nitro groups is 1. The second kappa shape index (κ2) is 7.22. The van der Waals surface area contributed by atoms with Gasteiger partial charge in [0.15, 0.2) is 5.82 Å². The first-order valence-electron chi connectivity index (χ1n) is 6.85. The van der Waals surface area contributed by atoms with Gasteiger partial charge in [-0.1, -0.05) is 0 Å². The van der Waals surface area contributed by atoms with E-state index in [1.165, 1.54) is 12.1 Å². The van der Waals surface area contributed by atoms with Crippen molar-refractivity contribution >= 4 is 23.3 Å². The molecular weight excluding hydrogens is 300 g/mol. The zero-order chi connectivity index (χ0) is 16.1. The van der Waals surface area contributed by atoms with Crippen molar-refractivity contribution in [2.75, 3.05) is 17.3 Å². The average Bonchev–Trinajstić information content (AvgIpc) is 2.47. The normalized spacial score (nSPS) is 12.0. The third kappa shape index (κ3) is 4.17. The molecule has 6 nitrogen and oxygen atoms in total. The summed E-state index contributed by atoms with van der Waals surface area (Å²) in [4.78, 5) is 19.2. The van der Waals surface area contributed by atoms with Crippen molar-refractivity contribution in [3.8, 4) is 11.4 Å². The molecule has 0 aliphatic heterocycles. The molecule has 2 rings (SSSR count). The summed E-state index contributed by atoms with van der Waals surface area (Å²) >= 11 is 1.77. The van der Waals surface area contributed by atoms with Crippen LogP contribution in [0.2, 0.25) is 0 Å². The summed E-state index contributed by atoms with van der Waals surface area (Å²) in [5.74, 6) is 2.31. The summed E-state index contributed by atoms with van der Waals surface area (Å²) in [6, 6.07) is 8.46. The smallest absolute Gasteiger partial charge is 0.269 e. The summed E-state index contributed by atoms with van der Waals surface area (Å²) in [6.45, 7) is 4.00. The van der Waals surface area contributed by atoms with Crippen LogP contribution in [0, 0.1) is 17.0 Å². The van der Waals surface area contributed by atoms with E-state index in [-0.39, 0.29) is 5.69 Å². The molecule has 2 aromatic rings. The molecule has 1 heterocycles. The maximum Gasteiger partial charge on any atom is 0.269 e. The maximum atomic E-state index is 10.7. The van der Waals surface area contributed by atoms with Crippen LogP contribution in [-0.4, -0.2) is 32.9 Å². The second-order valence-electron chi connectivity index (χ2n) is 5.02. The SMILES string of the molecule is CSCC(C)Nc1cc(C)nc(-c2ccc([N+](=O)[O-])cc2)n1. The Morgan fingerprint density at radius 1 is 1.32 bits per heavy atom. The van der Waals surface area contributed by atoms with E-state index in [0.29, 0.717) is 11.9 Å². The average molecular weight is 318 g/mol. The number of nitrogens with one attached hydrogen (secondary N) is 1. The van der Waals surface area contributed by atoms with Gasteiger partial charge in [-0.25, -0.2) is 9.97 Å². The number of thioether (sulfide) groups is 1. The Bertz CT molecular complexity index is 661. The first-order valence-corrected chi connectivity index (χ1v) is 8.25. The van der Waals surface area contributed by atoms with Crippen molar-refractivity contribution in [1.29, 1.82) is 0 Å². The number of aromatic nitrogens is 2. The number of aryl methyl sites for hydroxylation is 1. The zero-order valence-corrected chi connectivity index (χ0v) is 13.6. The summed E-state index contributed by atoms with van der Waals surface area (Å²) in [7, 11) is 0. The number of rotatable bonds is 6. The predicted octanol–water partition coefficient (Wildman–Crippen LogP) is 3.52. The van der Waals surface area contributed by atoms with E-state index in [1.54, 1.807) is 23.9 Å². The quantitative estimate of drug-likeness (QED) is 0.648. The number of non-ortho nitro benzene ring substituents is 1. The van der Waals surface area contributed by atoms with Crippen molar-refractivity contribution < 1.29 is 4.92 Å². The first-order chi connectivity index (χ1) is 10.5. The molecule has 116 valence electrons. The lowest BCUT2D eigenvalue weighted by atomic mass is 10.2. The van der Waals surface area contributed by atoms with E-state index in [2.05, 4.69) is 28.5 Å². The van der Waals surface area contributed by atoms with Crippen LogP contribution in [0.4, 0.5) is 11.5 Å². The Morgan fingerprint density at radius 2 is 2.00 bits per heavy atom. The monoisotopic (exact) mass is 318 g/mol. The van der Waals surface area contributed by atoms with Gasteiger partial charge in [0.05, 0.1) is 4.92 Å². The predicted molar refractivity (Wildman–Crippen MR) is 90.3 cm³/mol. The number of hydrogen-bond acceptors (Lipinski definition) is 6. The largest absolute Gasteiger partial charge is 0.367 e. The number of benzene rings is 1. The number of nitrogens with zero attached hydrogens (tertiary/aromatic N) is 3. The Morgan fingerprint density at radius 3 is 2.59 bits per heavy atom. The molecule has 1 unspecified atom stereocenters. The van der Waals surface area contributed by atoms with Gasteiger partial charge in [0.25, 0.3) is 5.69 Å². The number of nitro benzene ring substituents is 1. The van der Waals surface area contributed by atoms with Gasteiger partial charge in [0.1, 0.15) is 5.82 Å². The highest BCUT2D eigenvalue weighted by molar-refractivity contribution is 7.98. The van der Waals surface area contributed by atoms with Crippen molar-refractivity contribution in [2.45, 2.75) is 19.9 Å². The Balaban J connectivity index is 2.27. The third-order valence-corrected chi connectivity index (χ3v) is 3.83. The van der Waals surface area contributed by atoms with Crippen LogP contribution >= 0.6 is 11.8 Å². The molecule has 7 heteroatoms. The first kappa shape index (κ1) is 16.2. The van der Waals surface area contributed by atoms with E-state index in [4.69, 9.17) is 0 Å². The van der Waals surface area contributed by atoms with Gasteiger partial charge in [-0.3, -0.25) is 10.1 Å². The van der Waals surface area contributed by atoms with E-state index in [9.17, 15) is 10.1 Å². The molecule has 22 heavy (non-hydrogen) atoms. The van der Waals surface area contributed by atoms with Gasteiger partial charge >= 0.3 is 0 Å². The highest BCUT2D eigenvalue weighted by atomic mass is 32.2. The summed E-state index contributed by atoms with van der Waals surface area (Å²) in [5, 5.41) is 14.0. The molecule has 0 radical (unpaired) electrons. The minimum atomic E-state index is -0.419. The fourth-order valence-electron chi connectivity index (χ4n) is 2.05. The van der Waals surface area contributed by atoms with Crippen molar-refractivity contribution in [3.63, 3.8) is 0 Å². The molecule has 0 saturated heterocycles. The van der Waals surface area contributed by atoms with Gasteiger partial charge in [-0.15, -0.1) is 0 Å². The van der Waals surface area contributed by atoms with Gasteiger partial charge in [0.2, 0.25) is 0 Å². The fourth-order valence-corrected chi connectivity index (χ4v) is 2.63. The van der Waals surface area contributed by atoms with Gasteiger partial charge in [0, 0.05) is 41.3 Å². The van der Waals surface area contributed by atoms with Crippen LogP contribution in [0.1, 0.15) is 12.6 Å². The van der Waals surface area contributed by atoms with Crippen LogP contribution in [-0.2, 0) is 0 Å². The molecule has 1 aromatic heterocycles. The molecular formula is C15H18N4O2S. The number of anilines is 1. The van der Waals surface area contributed by atoms with E-state index < -0.39 is 4.92 Å². The lowest BCUT2D eigenvalue weighted by molar-refractivity contribution is -0.384. The summed E-state index contributed by atoms with van der Waals surface area (Å²) in [6.07, 6.45) is 2.06. The van der Waals surface area contributed by atoms with Crippen LogP contribution in [0.25, 0.3) is 11.4 Å². The molecule has 0 aliphatic rings. The lowest BCUT2D eigenvalue weighted by Gasteiger charge is -2.14. The Labute approximate surface area is 133 Å². The standard InChI is InChI=1S/C15H18N4O2S/c1-10-8-14(16-11(2)9-22-3)18-15(17-10)12-4-6-13(7-5-12)19(20)21/h4-8,11H,9H2,1-3H3,(H,16,17,18). The fraction of sp³-hybridized carbons (Fsp3) is 0.333. The highest BCUT2D eigenvalue weighted by Crippen LogP contribution is 2.21. The molecule has 1 atom stereocenters. The van der Waals surface area contributed by atoms with Crippen LogP contribution in [0.5, 0.6) is 0 Å². The molecule has 0 aliphatic carbocycles. The molecule has 0 bridgehead atoms. The highest BCUT2D eigenvalue weighted by Gasteiger charge is 2.10. The molecule has 0 amide bonds. The van der Waals surface area contributed by atoms with E-state index in [0.717, 1.165) is 22.8 Å². The van der Waals surface area contributed by atoms with Gasteiger partial charge in [-0.05, 0) is 32.2 Å². The third-order valence-electron chi connectivity index (χ3n) is 3.00. The van der Waals surface area contributed by atoms with Gasteiger partial charge in [-0.2, -0.15) is 11.8 Å². The maximum absolute atomic E-state index is 10.7. The van der Waals surface area contributed by atoms with E-state index in [1.807, 2.05) is 13.0 Å². The molecule has 0 saturated carbocycles. The lowest BCUT2D eigenvalue weighted by Crippen LogP contribution is -2.19. The number of hydrogen-bond donors (Lipinski definition) is 1. The Kier molecular flexibility index (Phi) is 5.32. The molecule has 0 fully saturated rings. The molecule has 1 aromatic carbocycles. The topological polar surface area (TPSA) is 81.0 Å². The van der Waals surface area contributed by atoms with Gasteiger partial charge < -0.3 is 5.32 Å². The minimum absolute atomic E-state index is 0.0587. The second-order valence-corrected chi connectivity index (χ2v) is 5.93. The van der Waals surface area contributed by atoms with Crippen LogP contribution in [0.3, 0.4) is 0 Å². The van der Waals surface area contributed by atoms with Crippen LogP contribution < -0.4 is 5.32 Å². The van der Waals surface area contributed by atoms with Crippen molar-refractivity contribution in [2.24, 2.45) is 0 Å². The van der Waals surface area contributed by atoms with Crippen LogP contribution in [0.15, 0.2) is 30.3 Å². The molecule has 1 N–H and O–H groups in total.